The number of nitrogens with one attached hydrogen (secondary N) is 1. The van der Waals surface area contributed by atoms with Crippen molar-refractivity contribution in [2.75, 3.05) is 12.3 Å². The average Bonchev–Trinajstić information content (AvgIpc) is 2.99. The molecule has 0 bridgehead atoms. The second-order valence-corrected chi connectivity index (χ2v) is 6.68. The molecule has 21 heavy (non-hydrogen) atoms. The van der Waals surface area contributed by atoms with E-state index in [9.17, 15) is 13.2 Å². The molecule has 1 N–H and O–H groups in total. The van der Waals surface area contributed by atoms with E-state index >= 15 is 0 Å². The summed E-state index contributed by atoms with van der Waals surface area (Å²) in [6.07, 6.45) is 1.52. The fourth-order valence-electron chi connectivity index (χ4n) is 1.73. The van der Waals surface area contributed by atoms with Crippen molar-refractivity contribution in [3.63, 3.8) is 0 Å². The van der Waals surface area contributed by atoms with E-state index in [0.29, 0.717) is 11.5 Å². The summed E-state index contributed by atoms with van der Waals surface area (Å²) in [7, 11) is -3.30. The molecule has 0 aliphatic heterocycles. The van der Waals surface area contributed by atoms with Crippen LogP contribution in [0.1, 0.15) is 19.9 Å². The molecule has 0 aromatic carbocycles. The highest BCUT2D eigenvalue weighted by atomic mass is 32.2. The van der Waals surface area contributed by atoms with Gasteiger partial charge in [-0.25, -0.2) is 17.8 Å². The first-order chi connectivity index (χ1) is 9.93. The molecule has 114 valence electrons. The predicted octanol–water partition coefficient (Wildman–Crippen LogP) is 1.00. The first-order valence-corrected chi connectivity index (χ1v) is 8.19. The van der Waals surface area contributed by atoms with Crippen LogP contribution in [0.2, 0.25) is 0 Å². The molecular weight excluding hydrogens is 294 g/mol. The summed E-state index contributed by atoms with van der Waals surface area (Å²) in [6.45, 7) is 3.37. The second-order valence-electron chi connectivity index (χ2n) is 4.58. The van der Waals surface area contributed by atoms with E-state index in [4.69, 9.17) is 4.42 Å². The van der Waals surface area contributed by atoms with Crippen molar-refractivity contribution in [2.24, 2.45) is 0 Å². The third-order valence-electron chi connectivity index (χ3n) is 2.99. The van der Waals surface area contributed by atoms with Gasteiger partial charge >= 0.3 is 0 Å². The molecule has 1 unspecified atom stereocenters. The highest BCUT2D eigenvalue weighted by Gasteiger charge is 2.14. The Kier molecular flexibility index (Phi) is 4.59. The minimum absolute atomic E-state index is 0.00547. The van der Waals surface area contributed by atoms with Gasteiger partial charge in [0.2, 0.25) is 10.0 Å². The fraction of sp³-hybridized carbons (Fsp3) is 0.385. The molecule has 1 atom stereocenters. The van der Waals surface area contributed by atoms with E-state index in [-0.39, 0.29) is 17.9 Å². The van der Waals surface area contributed by atoms with E-state index in [1.807, 2.05) is 0 Å². The highest BCUT2D eigenvalue weighted by Crippen LogP contribution is 2.15. The molecule has 0 fully saturated rings. The molecule has 0 amide bonds. The maximum absolute atomic E-state index is 11.9. The van der Waals surface area contributed by atoms with Gasteiger partial charge in [-0.3, -0.25) is 4.79 Å². The summed E-state index contributed by atoms with van der Waals surface area (Å²) < 4.78 is 31.8. The second kappa shape index (κ2) is 6.23. The van der Waals surface area contributed by atoms with Gasteiger partial charge in [0.05, 0.1) is 18.1 Å². The van der Waals surface area contributed by atoms with Gasteiger partial charge in [0, 0.05) is 12.6 Å². The van der Waals surface area contributed by atoms with Crippen LogP contribution in [0, 0.1) is 0 Å². The highest BCUT2D eigenvalue weighted by molar-refractivity contribution is 7.89. The topological polar surface area (TPSA) is 94.2 Å². The van der Waals surface area contributed by atoms with E-state index in [2.05, 4.69) is 9.82 Å². The van der Waals surface area contributed by atoms with Crippen molar-refractivity contribution in [1.82, 2.24) is 14.5 Å². The molecule has 2 rings (SSSR count). The maximum atomic E-state index is 11.9. The van der Waals surface area contributed by atoms with E-state index < -0.39 is 16.1 Å². The van der Waals surface area contributed by atoms with E-state index in [1.165, 1.54) is 17.0 Å². The summed E-state index contributed by atoms with van der Waals surface area (Å²) in [6, 6.07) is 6.01. The predicted molar refractivity (Wildman–Crippen MR) is 78.4 cm³/mol. The summed E-state index contributed by atoms with van der Waals surface area (Å²) in [5.74, 6) is 0.541. The van der Waals surface area contributed by atoms with Crippen molar-refractivity contribution in [3.05, 3.63) is 40.9 Å². The van der Waals surface area contributed by atoms with Crippen LogP contribution in [-0.4, -0.2) is 30.5 Å². The lowest BCUT2D eigenvalue weighted by atomic mass is 10.3. The molecule has 0 radical (unpaired) electrons. The first kappa shape index (κ1) is 15.5. The molecule has 2 aromatic heterocycles. The molecule has 2 aromatic rings. The van der Waals surface area contributed by atoms with Gasteiger partial charge < -0.3 is 4.42 Å². The average molecular weight is 311 g/mol. The maximum Gasteiger partial charge on any atom is 0.267 e. The SMILES string of the molecule is CCS(=O)(=O)NCC(C)n1nc(-c2ccco2)ccc1=O. The van der Waals surface area contributed by atoms with Crippen LogP contribution >= 0.6 is 0 Å². The number of rotatable bonds is 6. The number of hydrogen-bond donors (Lipinski definition) is 1. The Labute approximate surface area is 122 Å². The van der Waals surface area contributed by atoms with Gasteiger partial charge in [-0.2, -0.15) is 5.10 Å². The summed E-state index contributed by atoms with van der Waals surface area (Å²) >= 11 is 0. The normalized spacial score (nSPS) is 13.2. The van der Waals surface area contributed by atoms with Crippen molar-refractivity contribution in [2.45, 2.75) is 19.9 Å². The molecular formula is C13H17N3O4S. The van der Waals surface area contributed by atoms with Crippen LogP contribution in [0.4, 0.5) is 0 Å². The zero-order chi connectivity index (χ0) is 15.5. The Morgan fingerprint density at radius 3 is 2.76 bits per heavy atom. The fourth-order valence-corrected chi connectivity index (χ4v) is 2.43. The van der Waals surface area contributed by atoms with Gasteiger partial charge in [0.1, 0.15) is 5.69 Å². The third-order valence-corrected chi connectivity index (χ3v) is 4.36. The summed E-state index contributed by atoms with van der Waals surface area (Å²) in [5.41, 5.74) is 0.221. The van der Waals surface area contributed by atoms with Gasteiger partial charge in [-0.05, 0) is 32.0 Å². The van der Waals surface area contributed by atoms with Crippen LogP contribution < -0.4 is 10.3 Å². The number of hydrogen-bond acceptors (Lipinski definition) is 5. The largest absolute Gasteiger partial charge is 0.463 e. The van der Waals surface area contributed by atoms with E-state index in [0.717, 1.165) is 0 Å². The molecule has 8 heteroatoms. The van der Waals surface area contributed by atoms with Crippen LogP contribution in [-0.2, 0) is 10.0 Å². The first-order valence-electron chi connectivity index (χ1n) is 6.54. The van der Waals surface area contributed by atoms with Crippen molar-refractivity contribution >= 4 is 10.0 Å². The van der Waals surface area contributed by atoms with Crippen LogP contribution in [0.3, 0.4) is 0 Å². The Hall–Kier alpha value is -1.93. The number of nitrogens with zero attached hydrogens (tertiary/aromatic N) is 2. The van der Waals surface area contributed by atoms with Crippen molar-refractivity contribution < 1.29 is 12.8 Å². The number of sulfonamides is 1. The van der Waals surface area contributed by atoms with Gasteiger partial charge in [0.25, 0.3) is 5.56 Å². The molecule has 0 aliphatic carbocycles. The molecule has 2 heterocycles. The molecule has 0 spiro atoms. The summed E-state index contributed by atoms with van der Waals surface area (Å²) in [5, 5.41) is 4.22. The monoisotopic (exact) mass is 311 g/mol. The third kappa shape index (κ3) is 3.79. The Balaban J connectivity index is 2.23. The molecule has 0 aliphatic rings. The van der Waals surface area contributed by atoms with Gasteiger partial charge in [-0.1, -0.05) is 0 Å². The minimum atomic E-state index is -3.30. The molecule has 0 saturated carbocycles. The van der Waals surface area contributed by atoms with Crippen LogP contribution in [0.25, 0.3) is 11.5 Å². The van der Waals surface area contributed by atoms with Gasteiger partial charge in [-0.15, -0.1) is 0 Å². The Bertz CT molecular complexity index is 750. The zero-order valence-electron chi connectivity index (χ0n) is 11.8. The lowest BCUT2D eigenvalue weighted by Crippen LogP contribution is -2.35. The molecule has 7 nitrogen and oxygen atoms in total. The van der Waals surface area contributed by atoms with Crippen LogP contribution in [0.15, 0.2) is 39.7 Å². The molecule has 0 saturated heterocycles. The summed E-state index contributed by atoms with van der Waals surface area (Å²) in [4.78, 5) is 11.9. The Morgan fingerprint density at radius 1 is 1.38 bits per heavy atom. The number of aromatic nitrogens is 2. The Morgan fingerprint density at radius 2 is 2.14 bits per heavy atom. The van der Waals surface area contributed by atoms with Crippen molar-refractivity contribution in [3.8, 4) is 11.5 Å². The lowest BCUT2D eigenvalue weighted by Gasteiger charge is -2.15. The number of furan rings is 1. The zero-order valence-corrected chi connectivity index (χ0v) is 12.6. The van der Waals surface area contributed by atoms with Crippen molar-refractivity contribution in [1.29, 1.82) is 0 Å². The lowest BCUT2D eigenvalue weighted by molar-refractivity contribution is 0.456. The van der Waals surface area contributed by atoms with E-state index in [1.54, 1.807) is 32.0 Å². The van der Waals surface area contributed by atoms with Crippen LogP contribution in [0.5, 0.6) is 0 Å². The quantitative estimate of drug-likeness (QED) is 0.859. The van der Waals surface area contributed by atoms with Gasteiger partial charge in [0.15, 0.2) is 5.76 Å². The smallest absolute Gasteiger partial charge is 0.267 e. The minimum Gasteiger partial charge on any atom is -0.463 e. The standard InChI is InChI=1S/C13H17N3O4S/c1-3-21(18,19)14-9-10(2)16-13(17)7-6-11(15-16)12-5-4-8-20-12/h4-8,10,14H,3,9H2,1-2H3.